The molecule has 5 rings (SSSR count). The van der Waals surface area contributed by atoms with Crippen LogP contribution in [0.2, 0.25) is 0 Å². The molecule has 38 heavy (non-hydrogen) atoms. The maximum atomic E-state index is 10.1. The number of nitrogen functional groups attached to an aromatic ring is 1. The van der Waals surface area contributed by atoms with Crippen LogP contribution < -0.4 is 20.1 Å². The molecule has 4 aromatic rings. The number of fused-ring (bicyclic) bond motifs is 1. The zero-order valence-electron chi connectivity index (χ0n) is 22.5. The lowest BCUT2D eigenvalue weighted by Crippen LogP contribution is -2.23. The molecule has 2 N–H and O–H groups in total. The molecule has 1 saturated heterocycles. The Labute approximate surface area is 223 Å². The fourth-order valence-corrected chi connectivity index (χ4v) is 5.30. The van der Waals surface area contributed by atoms with Crippen LogP contribution in [-0.4, -0.2) is 43.0 Å². The minimum absolute atomic E-state index is 0.196. The molecule has 1 aliphatic heterocycles. The van der Waals surface area contributed by atoms with Crippen molar-refractivity contribution in [3.05, 3.63) is 70.4 Å². The molecule has 0 spiro atoms. The summed E-state index contributed by atoms with van der Waals surface area (Å²) in [5.41, 5.74) is 13.5. The molecule has 196 valence electrons. The van der Waals surface area contributed by atoms with E-state index in [0.29, 0.717) is 23.6 Å². The van der Waals surface area contributed by atoms with Gasteiger partial charge in [0.05, 0.1) is 30.3 Å². The third kappa shape index (κ3) is 4.39. The number of rotatable bonds is 7. The minimum atomic E-state index is 0.196. The van der Waals surface area contributed by atoms with Gasteiger partial charge in [0.15, 0.2) is 0 Å². The molecule has 2 aromatic heterocycles. The molecule has 1 atom stereocenters. The molecule has 0 radical (unpaired) electrons. The Balaban J connectivity index is 1.57. The van der Waals surface area contributed by atoms with Gasteiger partial charge in [-0.25, -0.2) is 4.98 Å². The molecule has 0 unspecified atom stereocenters. The average molecular weight is 512 g/mol. The smallest absolute Gasteiger partial charge is 0.147 e. The maximum Gasteiger partial charge on any atom is 0.147 e. The van der Waals surface area contributed by atoms with Gasteiger partial charge in [-0.2, -0.15) is 5.26 Å². The zero-order chi connectivity index (χ0) is 27.0. The van der Waals surface area contributed by atoms with E-state index in [1.807, 2.05) is 61.7 Å². The van der Waals surface area contributed by atoms with Crippen molar-refractivity contribution in [2.75, 3.05) is 37.9 Å². The van der Waals surface area contributed by atoms with E-state index in [1.54, 1.807) is 14.2 Å². The first-order valence-corrected chi connectivity index (χ1v) is 12.7. The lowest BCUT2D eigenvalue weighted by Gasteiger charge is -2.21. The summed E-state index contributed by atoms with van der Waals surface area (Å²) in [5.74, 6) is 1.93. The third-order valence-electron chi connectivity index (χ3n) is 7.44. The van der Waals surface area contributed by atoms with E-state index >= 15 is 0 Å². The fourth-order valence-electron chi connectivity index (χ4n) is 5.30. The van der Waals surface area contributed by atoms with E-state index in [1.165, 1.54) is 0 Å². The van der Waals surface area contributed by atoms with Gasteiger partial charge in [0.25, 0.3) is 0 Å². The highest BCUT2D eigenvalue weighted by atomic mass is 16.5. The molecular formula is C30H33N5O3. The lowest BCUT2D eigenvalue weighted by atomic mass is 10.1. The predicted octanol–water partition coefficient (Wildman–Crippen LogP) is 5.22. The summed E-state index contributed by atoms with van der Waals surface area (Å²) in [7, 11) is 3.40. The second kappa shape index (κ2) is 10.3. The van der Waals surface area contributed by atoms with E-state index in [9.17, 15) is 5.26 Å². The number of anilines is 2. The Morgan fingerprint density at radius 1 is 1.11 bits per heavy atom. The van der Waals surface area contributed by atoms with Gasteiger partial charge in [-0.15, -0.1) is 0 Å². The van der Waals surface area contributed by atoms with Crippen molar-refractivity contribution in [2.24, 2.45) is 0 Å². The van der Waals surface area contributed by atoms with Gasteiger partial charge in [-0.05, 0) is 62.6 Å². The highest BCUT2D eigenvalue weighted by Gasteiger charge is 2.27. The predicted molar refractivity (Wildman–Crippen MR) is 149 cm³/mol. The summed E-state index contributed by atoms with van der Waals surface area (Å²) in [5, 5.41) is 10.8. The number of nitriles is 1. The van der Waals surface area contributed by atoms with E-state index in [-0.39, 0.29) is 6.10 Å². The summed E-state index contributed by atoms with van der Waals surface area (Å²) in [6.45, 7) is 8.15. The van der Waals surface area contributed by atoms with Crippen LogP contribution in [-0.2, 0) is 11.3 Å². The highest BCUT2D eigenvalue weighted by molar-refractivity contribution is 5.94. The first-order chi connectivity index (χ1) is 18.4. The van der Waals surface area contributed by atoms with Gasteiger partial charge >= 0.3 is 0 Å². The number of methoxy groups -OCH3 is 2. The number of benzene rings is 2. The van der Waals surface area contributed by atoms with Crippen molar-refractivity contribution < 1.29 is 14.2 Å². The van der Waals surface area contributed by atoms with Crippen LogP contribution in [0.5, 0.6) is 11.5 Å². The van der Waals surface area contributed by atoms with Crippen molar-refractivity contribution in [2.45, 2.75) is 39.9 Å². The van der Waals surface area contributed by atoms with E-state index in [2.05, 4.69) is 17.0 Å². The standard InChI is InChI=1S/C30H33N5O3/c1-18-6-11-27(38-17-21-7-9-22(36-4)10-8-21)19(2)28(18)35-29(32)25(15-31)24-14-26(20(3)33-30(24)35)34-13-12-23(16-34)37-5/h6-11,14,23H,12-13,16-17,32H2,1-5H3/t23-/m1/s1. The summed E-state index contributed by atoms with van der Waals surface area (Å²) in [6, 6.07) is 16.2. The Bertz CT molecular complexity index is 1540. The zero-order valence-corrected chi connectivity index (χ0v) is 22.5. The Hall–Kier alpha value is -4.22. The van der Waals surface area contributed by atoms with Gasteiger partial charge in [-0.1, -0.05) is 18.2 Å². The number of hydrogen-bond acceptors (Lipinski definition) is 7. The molecule has 0 bridgehead atoms. The monoisotopic (exact) mass is 511 g/mol. The molecular weight excluding hydrogens is 478 g/mol. The van der Waals surface area contributed by atoms with Crippen LogP contribution in [0.15, 0.2) is 42.5 Å². The second-order valence-corrected chi connectivity index (χ2v) is 9.75. The van der Waals surface area contributed by atoms with Crippen LogP contribution >= 0.6 is 0 Å². The van der Waals surface area contributed by atoms with Gasteiger partial charge in [0, 0.05) is 31.1 Å². The highest BCUT2D eigenvalue weighted by Crippen LogP contribution is 2.38. The van der Waals surface area contributed by atoms with Crippen molar-refractivity contribution >= 4 is 22.5 Å². The lowest BCUT2D eigenvalue weighted by molar-refractivity contribution is 0.121. The number of pyridine rings is 1. The van der Waals surface area contributed by atoms with Crippen molar-refractivity contribution in [3.8, 4) is 23.3 Å². The van der Waals surface area contributed by atoms with E-state index in [4.69, 9.17) is 24.9 Å². The molecule has 0 amide bonds. The molecule has 0 saturated carbocycles. The summed E-state index contributed by atoms with van der Waals surface area (Å²) < 4.78 is 18.9. The molecule has 8 heteroatoms. The number of aryl methyl sites for hydroxylation is 2. The van der Waals surface area contributed by atoms with Crippen LogP contribution in [0.1, 0.15) is 34.4 Å². The summed E-state index contributed by atoms with van der Waals surface area (Å²) in [4.78, 5) is 7.27. The molecule has 8 nitrogen and oxygen atoms in total. The Kier molecular flexibility index (Phi) is 6.87. The summed E-state index contributed by atoms with van der Waals surface area (Å²) >= 11 is 0. The first kappa shape index (κ1) is 25.4. The van der Waals surface area contributed by atoms with E-state index in [0.717, 1.165) is 70.2 Å². The number of ether oxygens (including phenoxy) is 3. The second-order valence-electron chi connectivity index (χ2n) is 9.75. The van der Waals surface area contributed by atoms with Crippen LogP contribution in [0.3, 0.4) is 0 Å². The van der Waals surface area contributed by atoms with Crippen molar-refractivity contribution in [3.63, 3.8) is 0 Å². The average Bonchev–Trinajstić information content (AvgIpc) is 3.50. The van der Waals surface area contributed by atoms with Crippen molar-refractivity contribution in [1.29, 1.82) is 5.26 Å². The third-order valence-corrected chi connectivity index (χ3v) is 7.44. The van der Waals surface area contributed by atoms with Gasteiger partial charge in [-0.3, -0.25) is 4.57 Å². The number of aromatic nitrogens is 2. The maximum absolute atomic E-state index is 10.1. The molecule has 2 aromatic carbocycles. The molecule has 1 fully saturated rings. The van der Waals surface area contributed by atoms with Gasteiger partial charge < -0.3 is 24.8 Å². The van der Waals surface area contributed by atoms with Crippen LogP contribution in [0.4, 0.5) is 11.5 Å². The van der Waals surface area contributed by atoms with Crippen molar-refractivity contribution in [1.82, 2.24) is 9.55 Å². The Morgan fingerprint density at radius 2 is 1.87 bits per heavy atom. The number of nitrogens with two attached hydrogens (primary N) is 1. The quantitative estimate of drug-likeness (QED) is 0.363. The SMILES string of the molecule is COc1ccc(COc2ccc(C)c(-n3c(N)c(C#N)c4cc(N5CC[C@@H](OC)C5)c(C)nc43)c2C)cc1. The normalized spacial score (nSPS) is 15.2. The van der Waals surface area contributed by atoms with E-state index < -0.39 is 0 Å². The Morgan fingerprint density at radius 3 is 2.53 bits per heavy atom. The summed E-state index contributed by atoms with van der Waals surface area (Å²) in [6.07, 6.45) is 1.16. The number of hydrogen-bond donors (Lipinski definition) is 1. The largest absolute Gasteiger partial charge is 0.497 e. The fraction of sp³-hybridized carbons (Fsp3) is 0.333. The topological polar surface area (TPSA) is 98.6 Å². The molecule has 0 aliphatic carbocycles. The van der Waals surface area contributed by atoms with Gasteiger partial charge in [0.1, 0.15) is 41.2 Å². The molecule has 3 heterocycles. The molecule has 1 aliphatic rings. The first-order valence-electron chi connectivity index (χ1n) is 12.7. The minimum Gasteiger partial charge on any atom is -0.497 e. The van der Waals surface area contributed by atoms with Crippen LogP contribution in [0.25, 0.3) is 16.7 Å². The van der Waals surface area contributed by atoms with Gasteiger partial charge in [0.2, 0.25) is 0 Å². The van der Waals surface area contributed by atoms with Crippen LogP contribution in [0, 0.1) is 32.1 Å². The number of nitrogens with zero attached hydrogens (tertiary/aromatic N) is 4.